The SMILES string of the molecule is CCC(C)C(=O)N(CCO)CCOC. The number of hydrogen-bond acceptors (Lipinski definition) is 3. The van der Waals surface area contributed by atoms with Crippen LogP contribution in [0.25, 0.3) is 0 Å². The highest BCUT2D eigenvalue weighted by Gasteiger charge is 2.17. The lowest BCUT2D eigenvalue weighted by molar-refractivity contribution is -0.136. The summed E-state index contributed by atoms with van der Waals surface area (Å²) in [5, 5.41) is 8.80. The minimum atomic E-state index is 0.00584. The molecule has 1 atom stereocenters. The van der Waals surface area contributed by atoms with Crippen molar-refractivity contribution in [2.45, 2.75) is 20.3 Å². The van der Waals surface area contributed by atoms with Crippen LogP contribution in [0.2, 0.25) is 0 Å². The predicted octanol–water partition coefficient (Wildman–Crippen LogP) is 0.500. The third-order valence-corrected chi connectivity index (χ3v) is 2.28. The Labute approximate surface area is 85.9 Å². The summed E-state index contributed by atoms with van der Waals surface area (Å²) in [5.74, 6) is 0.122. The number of amides is 1. The lowest BCUT2D eigenvalue weighted by atomic mass is 10.1. The van der Waals surface area contributed by atoms with Crippen molar-refractivity contribution in [3.63, 3.8) is 0 Å². The van der Waals surface area contributed by atoms with Gasteiger partial charge >= 0.3 is 0 Å². The summed E-state index contributed by atoms with van der Waals surface area (Å²) in [6.45, 7) is 5.36. The number of carbonyl (C=O) groups excluding carboxylic acids is 1. The minimum Gasteiger partial charge on any atom is -0.395 e. The maximum atomic E-state index is 11.7. The van der Waals surface area contributed by atoms with Gasteiger partial charge in [0.1, 0.15) is 0 Å². The van der Waals surface area contributed by atoms with Crippen LogP contribution < -0.4 is 0 Å². The van der Waals surface area contributed by atoms with E-state index in [-0.39, 0.29) is 18.4 Å². The van der Waals surface area contributed by atoms with Crippen molar-refractivity contribution in [1.82, 2.24) is 4.90 Å². The number of ether oxygens (including phenoxy) is 1. The van der Waals surface area contributed by atoms with E-state index in [0.29, 0.717) is 19.7 Å². The van der Waals surface area contributed by atoms with Crippen LogP contribution in [0.15, 0.2) is 0 Å². The first-order valence-electron chi connectivity index (χ1n) is 5.05. The molecule has 0 saturated heterocycles. The van der Waals surface area contributed by atoms with Gasteiger partial charge in [-0.15, -0.1) is 0 Å². The fourth-order valence-corrected chi connectivity index (χ4v) is 1.14. The molecule has 0 spiro atoms. The number of aliphatic hydroxyl groups excluding tert-OH is 1. The molecule has 0 saturated carbocycles. The van der Waals surface area contributed by atoms with Crippen LogP contribution in [0.4, 0.5) is 0 Å². The summed E-state index contributed by atoms with van der Waals surface area (Å²) in [5.41, 5.74) is 0. The van der Waals surface area contributed by atoms with Gasteiger partial charge in [0.05, 0.1) is 13.2 Å². The van der Waals surface area contributed by atoms with Gasteiger partial charge in [-0.05, 0) is 6.42 Å². The van der Waals surface area contributed by atoms with Gasteiger partial charge in [-0.25, -0.2) is 0 Å². The van der Waals surface area contributed by atoms with Gasteiger partial charge in [0.25, 0.3) is 0 Å². The molecular weight excluding hydrogens is 182 g/mol. The number of hydrogen-bond donors (Lipinski definition) is 1. The van der Waals surface area contributed by atoms with Gasteiger partial charge in [0, 0.05) is 26.1 Å². The van der Waals surface area contributed by atoms with Crippen molar-refractivity contribution >= 4 is 5.91 Å². The van der Waals surface area contributed by atoms with E-state index in [0.717, 1.165) is 6.42 Å². The Morgan fingerprint density at radius 2 is 2.14 bits per heavy atom. The molecule has 0 bridgehead atoms. The molecule has 14 heavy (non-hydrogen) atoms. The Hall–Kier alpha value is -0.610. The van der Waals surface area contributed by atoms with Gasteiger partial charge in [-0.3, -0.25) is 4.79 Å². The van der Waals surface area contributed by atoms with E-state index in [4.69, 9.17) is 9.84 Å². The fraction of sp³-hybridized carbons (Fsp3) is 0.900. The zero-order valence-electron chi connectivity index (χ0n) is 9.32. The molecule has 0 rings (SSSR count). The molecule has 0 aliphatic rings. The average molecular weight is 203 g/mol. The lowest BCUT2D eigenvalue weighted by Crippen LogP contribution is -2.39. The van der Waals surface area contributed by atoms with Crippen molar-refractivity contribution in [1.29, 1.82) is 0 Å². The van der Waals surface area contributed by atoms with Crippen molar-refractivity contribution in [2.24, 2.45) is 5.92 Å². The molecule has 1 amide bonds. The number of rotatable bonds is 7. The van der Waals surface area contributed by atoms with E-state index in [1.54, 1.807) is 12.0 Å². The second-order valence-electron chi connectivity index (χ2n) is 3.35. The molecule has 0 radical (unpaired) electrons. The van der Waals surface area contributed by atoms with Gasteiger partial charge in [0.2, 0.25) is 5.91 Å². The summed E-state index contributed by atoms with van der Waals surface area (Å²) in [4.78, 5) is 13.4. The summed E-state index contributed by atoms with van der Waals surface area (Å²) >= 11 is 0. The number of nitrogens with zero attached hydrogens (tertiary/aromatic N) is 1. The van der Waals surface area contributed by atoms with Crippen LogP contribution in [0.5, 0.6) is 0 Å². The minimum absolute atomic E-state index is 0.00584. The highest BCUT2D eigenvalue weighted by Crippen LogP contribution is 2.06. The molecule has 1 unspecified atom stereocenters. The number of methoxy groups -OCH3 is 1. The molecule has 1 N–H and O–H groups in total. The van der Waals surface area contributed by atoms with Crippen molar-refractivity contribution in [3.05, 3.63) is 0 Å². The zero-order valence-corrected chi connectivity index (χ0v) is 9.32. The maximum absolute atomic E-state index is 11.7. The summed E-state index contributed by atoms with van der Waals surface area (Å²) in [6.07, 6.45) is 0.827. The van der Waals surface area contributed by atoms with Crippen molar-refractivity contribution in [2.75, 3.05) is 33.4 Å². The molecule has 0 aromatic rings. The molecule has 0 aromatic heterocycles. The van der Waals surface area contributed by atoms with Gasteiger partial charge in [0.15, 0.2) is 0 Å². The van der Waals surface area contributed by atoms with Gasteiger partial charge in [-0.2, -0.15) is 0 Å². The molecule has 0 heterocycles. The monoisotopic (exact) mass is 203 g/mol. The van der Waals surface area contributed by atoms with E-state index < -0.39 is 0 Å². The van der Waals surface area contributed by atoms with Crippen LogP contribution in [0.1, 0.15) is 20.3 Å². The van der Waals surface area contributed by atoms with Crippen LogP contribution in [-0.2, 0) is 9.53 Å². The molecule has 0 aromatic carbocycles. The molecule has 0 fully saturated rings. The van der Waals surface area contributed by atoms with Crippen LogP contribution in [0.3, 0.4) is 0 Å². The highest BCUT2D eigenvalue weighted by atomic mass is 16.5. The lowest BCUT2D eigenvalue weighted by Gasteiger charge is -2.24. The van der Waals surface area contributed by atoms with Gasteiger partial charge < -0.3 is 14.7 Å². The molecule has 4 heteroatoms. The molecule has 0 aliphatic heterocycles. The highest BCUT2D eigenvalue weighted by molar-refractivity contribution is 5.78. The maximum Gasteiger partial charge on any atom is 0.225 e. The molecular formula is C10H21NO3. The van der Waals surface area contributed by atoms with Crippen molar-refractivity contribution in [3.8, 4) is 0 Å². The largest absolute Gasteiger partial charge is 0.395 e. The quantitative estimate of drug-likeness (QED) is 0.655. The smallest absolute Gasteiger partial charge is 0.225 e. The zero-order chi connectivity index (χ0) is 11.0. The third kappa shape index (κ3) is 4.58. The van der Waals surface area contributed by atoms with Crippen molar-refractivity contribution < 1.29 is 14.6 Å². The van der Waals surface area contributed by atoms with E-state index in [2.05, 4.69) is 0 Å². The van der Waals surface area contributed by atoms with Crippen LogP contribution in [-0.4, -0.2) is 49.3 Å². The first-order chi connectivity index (χ1) is 6.67. The molecule has 0 aliphatic carbocycles. The summed E-state index contributed by atoms with van der Waals surface area (Å²) < 4.78 is 4.91. The number of aliphatic hydroxyl groups is 1. The number of carbonyl (C=O) groups is 1. The second kappa shape index (κ2) is 7.76. The summed E-state index contributed by atoms with van der Waals surface area (Å²) in [7, 11) is 1.60. The van der Waals surface area contributed by atoms with E-state index >= 15 is 0 Å². The first kappa shape index (κ1) is 13.4. The second-order valence-corrected chi connectivity index (χ2v) is 3.35. The Kier molecular flexibility index (Phi) is 7.42. The van der Waals surface area contributed by atoms with Gasteiger partial charge in [-0.1, -0.05) is 13.8 Å². The van der Waals surface area contributed by atoms with Crippen LogP contribution in [0, 0.1) is 5.92 Å². The van der Waals surface area contributed by atoms with Crippen LogP contribution >= 0.6 is 0 Å². The summed E-state index contributed by atoms with van der Waals surface area (Å²) in [6, 6.07) is 0. The Bertz CT molecular complexity index is 161. The Balaban J connectivity index is 4.10. The van der Waals surface area contributed by atoms with E-state index in [1.165, 1.54) is 0 Å². The first-order valence-corrected chi connectivity index (χ1v) is 5.05. The fourth-order valence-electron chi connectivity index (χ4n) is 1.14. The van der Waals surface area contributed by atoms with E-state index in [1.807, 2.05) is 13.8 Å². The van der Waals surface area contributed by atoms with E-state index in [9.17, 15) is 4.79 Å². The average Bonchev–Trinajstić information content (AvgIpc) is 2.22. The Morgan fingerprint density at radius 1 is 1.50 bits per heavy atom. The Morgan fingerprint density at radius 3 is 2.57 bits per heavy atom. The standard InChI is InChI=1S/C10H21NO3/c1-4-9(2)10(13)11(5-7-12)6-8-14-3/h9,12H,4-8H2,1-3H3. The normalized spacial score (nSPS) is 12.6. The predicted molar refractivity (Wildman–Crippen MR) is 55.0 cm³/mol. The molecule has 84 valence electrons. The topological polar surface area (TPSA) is 49.8 Å². The molecule has 4 nitrogen and oxygen atoms in total. The third-order valence-electron chi connectivity index (χ3n) is 2.28.